The third-order valence-electron chi connectivity index (χ3n) is 8.48. The van der Waals surface area contributed by atoms with E-state index in [1.165, 1.54) is 6.08 Å². The number of esters is 3. The topological polar surface area (TPSA) is 184 Å². The number of likely N-dealkylation sites (N-methyl/N-ethyl adjacent to an activating group) is 1. The highest BCUT2D eigenvalue weighted by atomic mass is 16.7. The number of rotatable bonds is 7. The van der Waals surface area contributed by atoms with Gasteiger partial charge in [-0.05, 0) is 64.9 Å². The van der Waals surface area contributed by atoms with Gasteiger partial charge in [-0.2, -0.15) is 0 Å². The molecule has 5 rings (SSSR count). The predicted octanol–water partition coefficient (Wildman–Crippen LogP) is 1.77. The Bertz CT molecular complexity index is 1460. The highest BCUT2D eigenvalue weighted by Crippen LogP contribution is 2.65. The summed E-state index contributed by atoms with van der Waals surface area (Å²) in [5.41, 5.74) is -1.89. The molecule has 2 bridgehead atoms. The van der Waals surface area contributed by atoms with Crippen molar-refractivity contribution in [1.29, 1.82) is 0 Å². The van der Waals surface area contributed by atoms with Crippen molar-refractivity contribution >= 4 is 30.0 Å². The lowest BCUT2D eigenvalue weighted by Gasteiger charge is -2.61. The van der Waals surface area contributed by atoms with Gasteiger partial charge in [0.2, 0.25) is 12.2 Å². The molecule has 14 heteroatoms. The summed E-state index contributed by atoms with van der Waals surface area (Å²) in [6.45, 7) is 7.51. The molecule has 2 heterocycles. The van der Waals surface area contributed by atoms with Crippen molar-refractivity contribution in [2.24, 2.45) is 0 Å². The molecule has 2 aliphatic carbocycles. The summed E-state index contributed by atoms with van der Waals surface area (Å²) in [6.07, 6.45) is -4.06. The zero-order chi connectivity index (χ0) is 32.4. The standard InChI is InChI=1S/C30H35NO13/c1-14(32)39-22(25(34)35)23(40-15(2)33)26(36)41-18-9-10-30(38)19-13-16-7-8-17(42-27(37)44-28(3,4)5)21-20(16)29(30,24(18)43-21)11-12-31(19)6/h7-9,19,22-24,38H,10-13H2,1-6H3,(H,34,35)/t19-,22+,23+,24+,29+,30-/m1/s1. The van der Waals surface area contributed by atoms with Crippen LogP contribution in [-0.2, 0) is 50.0 Å². The fourth-order valence-corrected chi connectivity index (χ4v) is 6.88. The Labute approximate surface area is 252 Å². The van der Waals surface area contributed by atoms with Crippen LogP contribution in [0.15, 0.2) is 24.0 Å². The molecule has 238 valence electrons. The number of carboxylic acids is 1. The third kappa shape index (κ3) is 5.05. The van der Waals surface area contributed by atoms with Crippen LogP contribution in [-0.4, -0.2) is 94.3 Å². The Balaban J connectivity index is 1.56. The van der Waals surface area contributed by atoms with Crippen LogP contribution in [0.4, 0.5) is 4.79 Å². The number of likely N-dealkylation sites (tertiary alicyclic amines) is 1. The van der Waals surface area contributed by atoms with E-state index in [0.29, 0.717) is 24.9 Å². The number of aliphatic hydroxyl groups is 1. The van der Waals surface area contributed by atoms with Crippen LogP contribution in [0, 0.1) is 0 Å². The first-order valence-corrected chi connectivity index (χ1v) is 14.1. The monoisotopic (exact) mass is 617 g/mol. The van der Waals surface area contributed by atoms with E-state index in [4.69, 9.17) is 28.4 Å². The summed E-state index contributed by atoms with van der Waals surface area (Å²) in [4.78, 5) is 63.4. The van der Waals surface area contributed by atoms with Gasteiger partial charge in [-0.3, -0.25) is 9.59 Å². The molecule has 1 fully saturated rings. The number of carbonyl (C=O) groups is 5. The van der Waals surface area contributed by atoms with Gasteiger partial charge in [0, 0.05) is 31.9 Å². The van der Waals surface area contributed by atoms with E-state index in [2.05, 4.69) is 4.90 Å². The van der Waals surface area contributed by atoms with Crippen molar-refractivity contribution in [2.45, 2.75) is 94.9 Å². The maximum atomic E-state index is 13.4. The van der Waals surface area contributed by atoms with Crippen molar-refractivity contribution < 1.29 is 62.6 Å². The normalized spacial score (nSPS) is 27.8. The van der Waals surface area contributed by atoms with Gasteiger partial charge in [-0.1, -0.05) is 6.07 Å². The molecule has 1 aromatic carbocycles. The molecule has 0 saturated carbocycles. The van der Waals surface area contributed by atoms with E-state index < -0.39 is 65.0 Å². The molecule has 1 aromatic rings. The highest BCUT2D eigenvalue weighted by Gasteiger charge is 2.72. The Morgan fingerprint density at radius 3 is 2.32 bits per heavy atom. The summed E-state index contributed by atoms with van der Waals surface area (Å²) in [5, 5.41) is 22.0. The summed E-state index contributed by atoms with van der Waals surface area (Å²) < 4.78 is 32.7. The molecule has 1 spiro atoms. The molecular formula is C30H35NO13. The number of hydrogen-bond donors (Lipinski definition) is 2. The number of aliphatic carboxylic acids is 1. The molecule has 0 amide bonds. The van der Waals surface area contributed by atoms with Crippen molar-refractivity contribution in [3.8, 4) is 11.5 Å². The quantitative estimate of drug-likeness (QED) is 0.256. The molecule has 1 saturated heterocycles. The summed E-state index contributed by atoms with van der Waals surface area (Å²) in [6, 6.07) is 3.05. The second kappa shape index (κ2) is 10.8. The van der Waals surface area contributed by atoms with Gasteiger partial charge in [-0.25, -0.2) is 14.4 Å². The van der Waals surface area contributed by atoms with E-state index in [0.717, 1.165) is 19.4 Å². The highest BCUT2D eigenvalue weighted by molar-refractivity contribution is 5.88. The van der Waals surface area contributed by atoms with Crippen LogP contribution in [0.2, 0.25) is 0 Å². The van der Waals surface area contributed by atoms with Gasteiger partial charge in [0.25, 0.3) is 0 Å². The van der Waals surface area contributed by atoms with Crippen molar-refractivity contribution in [2.75, 3.05) is 13.6 Å². The number of piperidine rings is 1. The van der Waals surface area contributed by atoms with Crippen LogP contribution in [0.5, 0.6) is 11.5 Å². The van der Waals surface area contributed by atoms with Crippen LogP contribution in [0.25, 0.3) is 0 Å². The first-order chi connectivity index (χ1) is 20.5. The first kappa shape index (κ1) is 31.3. The largest absolute Gasteiger partial charge is 0.514 e. The van der Waals surface area contributed by atoms with E-state index in [9.17, 15) is 34.2 Å². The van der Waals surface area contributed by atoms with E-state index >= 15 is 0 Å². The van der Waals surface area contributed by atoms with Crippen molar-refractivity contribution in [1.82, 2.24) is 4.90 Å². The Kier molecular flexibility index (Phi) is 7.65. The van der Waals surface area contributed by atoms with Gasteiger partial charge in [0.15, 0.2) is 17.6 Å². The zero-order valence-electron chi connectivity index (χ0n) is 25.2. The lowest BCUT2D eigenvalue weighted by atomic mass is 9.50. The maximum absolute atomic E-state index is 13.4. The minimum absolute atomic E-state index is 0.0328. The average molecular weight is 618 g/mol. The number of hydrogen-bond acceptors (Lipinski definition) is 13. The van der Waals surface area contributed by atoms with Crippen LogP contribution in [0.1, 0.15) is 58.6 Å². The lowest BCUT2D eigenvalue weighted by Crippen LogP contribution is -2.74. The molecular weight excluding hydrogens is 582 g/mol. The minimum Gasteiger partial charge on any atom is -0.478 e. The minimum atomic E-state index is -2.19. The van der Waals surface area contributed by atoms with Gasteiger partial charge < -0.3 is 43.5 Å². The molecule has 14 nitrogen and oxygen atoms in total. The molecule has 0 radical (unpaired) electrons. The molecule has 6 atom stereocenters. The second-order valence-electron chi connectivity index (χ2n) is 12.5. The third-order valence-corrected chi connectivity index (χ3v) is 8.48. The van der Waals surface area contributed by atoms with Crippen molar-refractivity contribution in [3.63, 3.8) is 0 Å². The first-order valence-electron chi connectivity index (χ1n) is 14.1. The van der Waals surface area contributed by atoms with Crippen molar-refractivity contribution in [3.05, 3.63) is 35.1 Å². The number of carboxylic acid groups (broad SMARTS) is 1. The number of carbonyl (C=O) groups excluding carboxylic acids is 4. The Hall–Kier alpha value is -4.17. The van der Waals surface area contributed by atoms with E-state index in [1.807, 2.05) is 7.05 Å². The lowest BCUT2D eigenvalue weighted by molar-refractivity contribution is -0.190. The van der Waals surface area contributed by atoms with Gasteiger partial charge in [0.1, 0.15) is 11.4 Å². The summed E-state index contributed by atoms with van der Waals surface area (Å²) >= 11 is 0. The number of nitrogens with zero attached hydrogens (tertiary/aromatic N) is 1. The maximum Gasteiger partial charge on any atom is 0.514 e. The van der Waals surface area contributed by atoms with Crippen LogP contribution in [0.3, 0.4) is 0 Å². The predicted molar refractivity (Wildman–Crippen MR) is 147 cm³/mol. The Morgan fingerprint density at radius 2 is 1.70 bits per heavy atom. The molecule has 0 aromatic heterocycles. The molecule has 0 unspecified atom stereocenters. The summed E-state index contributed by atoms with van der Waals surface area (Å²) in [5.74, 6) is -4.94. The average Bonchev–Trinajstić information content (AvgIpc) is 3.25. The fraction of sp³-hybridized carbons (Fsp3) is 0.567. The Morgan fingerprint density at radius 1 is 1.05 bits per heavy atom. The van der Waals surface area contributed by atoms with Crippen LogP contribution < -0.4 is 9.47 Å². The number of benzene rings is 1. The zero-order valence-corrected chi connectivity index (χ0v) is 25.2. The fourth-order valence-electron chi connectivity index (χ4n) is 6.88. The smallest absolute Gasteiger partial charge is 0.478 e. The molecule has 4 aliphatic rings. The van der Waals surface area contributed by atoms with Gasteiger partial charge >= 0.3 is 30.0 Å². The molecule has 44 heavy (non-hydrogen) atoms. The van der Waals surface area contributed by atoms with Gasteiger partial charge in [-0.15, -0.1) is 0 Å². The van der Waals surface area contributed by atoms with Gasteiger partial charge in [0.05, 0.1) is 11.0 Å². The SMILES string of the molecule is CC(=O)O[C@H](C(=O)O)[C@H](OC(C)=O)C(=O)OC1=CC[C@@]2(O)[C@H]3Cc4ccc(OC(=O)OC(C)(C)C)c5c4[C@@]2(CCN3C)[C@H]1O5. The van der Waals surface area contributed by atoms with Crippen LogP contribution >= 0.6 is 0 Å². The number of ether oxygens (including phenoxy) is 6. The molecule has 2 N–H and O–H groups in total. The summed E-state index contributed by atoms with van der Waals surface area (Å²) in [7, 11) is 1.91. The van der Waals surface area contributed by atoms with E-state index in [1.54, 1.807) is 32.9 Å². The second-order valence-corrected chi connectivity index (χ2v) is 12.5. The van der Waals surface area contributed by atoms with E-state index in [-0.39, 0.29) is 29.7 Å². The molecule has 2 aliphatic heterocycles.